The van der Waals surface area contributed by atoms with Crippen LogP contribution in [0.1, 0.15) is 34.3 Å². The summed E-state index contributed by atoms with van der Waals surface area (Å²) in [5.41, 5.74) is 2.44. The van der Waals surface area contributed by atoms with E-state index in [1.807, 2.05) is 19.0 Å². The summed E-state index contributed by atoms with van der Waals surface area (Å²) in [6, 6.07) is 16.9. The number of aromatic nitrogens is 2. The molecule has 2 aliphatic rings. The average molecular weight is 773 g/mol. The Labute approximate surface area is 317 Å². The molecule has 0 bridgehead atoms. The molecular weight excluding hydrogens is 738 g/mol. The smallest absolute Gasteiger partial charge is 0.417 e. The van der Waals surface area contributed by atoms with Gasteiger partial charge in [-0.15, -0.1) is 11.3 Å². The predicted octanol–water partition coefficient (Wildman–Crippen LogP) is 6.25. The van der Waals surface area contributed by atoms with Crippen molar-refractivity contribution < 1.29 is 41.8 Å². The van der Waals surface area contributed by atoms with E-state index in [1.165, 1.54) is 24.1 Å². The molecule has 55 heavy (non-hydrogen) atoms. The fourth-order valence-electron chi connectivity index (χ4n) is 6.52. The van der Waals surface area contributed by atoms with Gasteiger partial charge >= 0.3 is 12.1 Å². The summed E-state index contributed by atoms with van der Waals surface area (Å²) in [4.78, 5) is 63.1. The van der Waals surface area contributed by atoms with Crippen molar-refractivity contribution in [2.24, 2.45) is 0 Å². The number of imide groups is 1. The van der Waals surface area contributed by atoms with Crippen LogP contribution in [0.25, 0.3) is 31.9 Å². The van der Waals surface area contributed by atoms with E-state index in [4.69, 9.17) is 9.47 Å². The highest BCUT2D eigenvalue weighted by Crippen LogP contribution is 2.42. The lowest BCUT2D eigenvalue weighted by Gasteiger charge is -2.33. The highest BCUT2D eigenvalue weighted by Gasteiger charge is 2.41. The Bertz CT molecular complexity index is 2310. The molecule has 0 radical (unpaired) electrons. The maximum absolute atomic E-state index is 14.3. The van der Waals surface area contributed by atoms with Gasteiger partial charge in [0, 0.05) is 69.2 Å². The molecule has 1 atom stereocenters. The molecule has 1 fully saturated rings. The van der Waals surface area contributed by atoms with E-state index in [0.717, 1.165) is 22.3 Å². The van der Waals surface area contributed by atoms with E-state index in [2.05, 4.69) is 15.3 Å². The van der Waals surface area contributed by atoms with Gasteiger partial charge in [-0.1, -0.05) is 12.1 Å². The molecule has 284 valence electrons. The number of pyridine rings is 1. The molecule has 1 unspecified atom stereocenters. The third kappa shape index (κ3) is 7.86. The zero-order valence-corrected chi connectivity index (χ0v) is 30.8. The maximum Gasteiger partial charge on any atom is 0.417 e. The van der Waals surface area contributed by atoms with Gasteiger partial charge in [0.25, 0.3) is 11.8 Å². The Morgan fingerprint density at radius 3 is 2.53 bits per heavy atom. The second-order valence-electron chi connectivity index (χ2n) is 13.3. The number of nitrogens with one attached hydrogen (secondary N) is 1. The van der Waals surface area contributed by atoms with Gasteiger partial charge in [0.2, 0.25) is 5.91 Å². The van der Waals surface area contributed by atoms with Crippen molar-refractivity contribution in [2.75, 3.05) is 51.1 Å². The number of carbonyl (C=O) groups excluding carboxylic acids is 4. The molecule has 4 heterocycles. The molecule has 0 aliphatic carbocycles. The number of anilines is 2. The van der Waals surface area contributed by atoms with Crippen molar-refractivity contribution in [3.05, 3.63) is 89.6 Å². The van der Waals surface area contributed by atoms with E-state index in [9.17, 15) is 32.3 Å². The Morgan fingerprint density at radius 2 is 1.78 bits per heavy atom. The molecule has 3 amide bonds. The minimum atomic E-state index is -4.61. The summed E-state index contributed by atoms with van der Waals surface area (Å²) >= 11 is 1.15. The van der Waals surface area contributed by atoms with Crippen LogP contribution >= 0.6 is 11.3 Å². The summed E-state index contributed by atoms with van der Waals surface area (Å²) in [5, 5.41) is 3.43. The molecule has 0 saturated carbocycles. The highest BCUT2D eigenvalue weighted by atomic mass is 32.1. The summed E-state index contributed by atoms with van der Waals surface area (Å²) in [6.07, 6.45) is -2.63. The number of rotatable bonds is 11. The van der Waals surface area contributed by atoms with Crippen LogP contribution in [0.3, 0.4) is 0 Å². The number of hydrogen-bond acceptors (Lipinski definition) is 11. The lowest BCUT2D eigenvalue weighted by atomic mass is 10.00. The second-order valence-corrected chi connectivity index (χ2v) is 14.3. The molecule has 3 aromatic carbocycles. The average Bonchev–Trinajstić information content (AvgIpc) is 3.73. The number of likely N-dealkylation sites (tertiary alicyclic amines) is 1. The van der Waals surface area contributed by atoms with Crippen molar-refractivity contribution in [2.45, 2.75) is 31.6 Å². The van der Waals surface area contributed by atoms with Crippen LogP contribution in [0.15, 0.2) is 72.9 Å². The Hall–Kier alpha value is -5.87. The van der Waals surface area contributed by atoms with Crippen LogP contribution in [0.5, 0.6) is 5.75 Å². The fraction of sp³-hybridized carbons (Fsp3) is 0.282. The van der Waals surface area contributed by atoms with Crippen molar-refractivity contribution in [3.63, 3.8) is 0 Å². The lowest BCUT2D eigenvalue weighted by molar-refractivity contribution is -0.150. The van der Waals surface area contributed by atoms with Gasteiger partial charge in [0.15, 0.2) is 0 Å². The van der Waals surface area contributed by atoms with Crippen LogP contribution in [0.4, 0.5) is 24.7 Å². The number of carbonyl (C=O) groups is 4. The van der Waals surface area contributed by atoms with Crippen LogP contribution < -0.4 is 15.0 Å². The molecule has 16 heteroatoms. The van der Waals surface area contributed by atoms with Gasteiger partial charge in [-0.2, -0.15) is 13.2 Å². The van der Waals surface area contributed by atoms with Gasteiger partial charge in [0.1, 0.15) is 29.2 Å². The van der Waals surface area contributed by atoms with Crippen molar-refractivity contribution in [3.8, 4) is 27.4 Å². The van der Waals surface area contributed by atoms with Crippen LogP contribution in [0.2, 0.25) is 0 Å². The fourth-order valence-corrected chi connectivity index (χ4v) is 7.57. The van der Waals surface area contributed by atoms with Crippen LogP contribution in [0, 0.1) is 0 Å². The first-order chi connectivity index (χ1) is 26.3. The number of thiazole rings is 1. The molecule has 7 rings (SSSR count). The van der Waals surface area contributed by atoms with Gasteiger partial charge in [-0.25, -0.2) is 14.8 Å². The summed E-state index contributed by atoms with van der Waals surface area (Å²) in [6.45, 7) is 0.291. The SMILES string of the molecule is CN1C(=O)CCC(N2Cc3cc(OC(=O)COCCNc4ccc5nc(-c6ccc(-c7ccc(N(C)C)nc7)cc6C(F)(F)F)sc5c4)ccc3C2=O)C1=O. The first-order valence-corrected chi connectivity index (χ1v) is 18.1. The third-order valence-corrected chi connectivity index (χ3v) is 10.5. The van der Waals surface area contributed by atoms with E-state index >= 15 is 0 Å². The van der Waals surface area contributed by atoms with Gasteiger partial charge in [0.05, 0.1) is 22.4 Å². The highest BCUT2D eigenvalue weighted by molar-refractivity contribution is 7.21. The van der Waals surface area contributed by atoms with Gasteiger partial charge in [-0.05, 0) is 72.1 Å². The number of alkyl halides is 3. The number of benzene rings is 3. The summed E-state index contributed by atoms with van der Waals surface area (Å²) < 4.78 is 54.5. The maximum atomic E-state index is 14.3. The molecular formula is C39H35F3N6O6S. The van der Waals surface area contributed by atoms with E-state index in [1.54, 1.807) is 54.7 Å². The minimum Gasteiger partial charge on any atom is -0.425 e. The van der Waals surface area contributed by atoms with E-state index in [-0.39, 0.29) is 60.7 Å². The van der Waals surface area contributed by atoms with E-state index in [0.29, 0.717) is 50.5 Å². The summed E-state index contributed by atoms with van der Waals surface area (Å²) in [5.74, 6) is -0.744. The number of esters is 1. The number of piperidine rings is 1. The molecule has 2 aromatic heterocycles. The van der Waals surface area contributed by atoms with Crippen molar-refractivity contribution >= 4 is 56.7 Å². The Balaban J connectivity index is 0.921. The van der Waals surface area contributed by atoms with Crippen LogP contribution in [-0.4, -0.2) is 90.4 Å². The third-order valence-electron chi connectivity index (χ3n) is 9.42. The number of nitrogens with zero attached hydrogens (tertiary/aromatic N) is 5. The molecule has 1 saturated heterocycles. The molecule has 12 nitrogen and oxygen atoms in total. The van der Waals surface area contributed by atoms with E-state index < -0.39 is 29.7 Å². The van der Waals surface area contributed by atoms with Crippen molar-refractivity contribution in [1.29, 1.82) is 0 Å². The van der Waals surface area contributed by atoms with Gasteiger partial charge in [-0.3, -0.25) is 19.3 Å². The van der Waals surface area contributed by atoms with Crippen molar-refractivity contribution in [1.82, 2.24) is 19.8 Å². The van der Waals surface area contributed by atoms with Gasteiger partial charge < -0.3 is 24.6 Å². The number of ether oxygens (including phenoxy) is 2. The zero-order valence-electron chi connectivity index (χ0n) is 30.0. The number of hydrogen-bond donors (Lipinski definition) is 1. The monoisotopic (exact) mass is 772 g/mol. The topological polar surface area (TPSA) is 134 Å². The summed E-state index contributed by atoms with van der Waals surface area (Å²) in [7, 11) is 5.07. The first kappa shape index (κ1) is 37.4. The molecule has 0 spiro atoms. The number of halogens is 3. The quantitative estimate of drug-likeness (QED) is 0.0711. The first-order valence-electron chi connectivity index (χ1n) is 17.3. The lowest BCUT2D eigenvalue weighted by Crippen LogP contribution is -2.53. The predicted molar refractivity (Wildman–Crippen MR) is 200 cm³/mol. The van der Waals surface area contributed by atoms with Crippen LogP contribution in [-0.2, 0) is 31.8 Å². The number of fused-ring (bicyclic) bond motifs is 2. The Morgan fingerprint density at radius 1 is 1.00 bits per heavy atom. The molecule has 2 aliphatic heterocycles. The Kier molecular flexibility index (Phi) is 10.3. The normalized spacial score (nSPS) is 15.8. The number of amides is 3. The second kappa shape index (κ2) is 15.1. The minimum absolute atomic E-state index is 0.0110. The number of likely N-dealkylation sites (N-methyl/N-ethyl adjacent to an activating group) is 1. The largest absolute Gasteiger partial charge is 0.425 e. The molecule has 1 N–H and O–H groups in total. The zero-order chi connectivity index (χ0) is 39.0. The standard InChI is InChI=1S/C39H35F3N6O6S/c1-46(2)33-12-5-23(19-44-33)22-4-8-28(29(17-22)39(40,41)42)36-45-30-10-6-25(18-32(30)55-36)43-14-15-53-21-35(50)54-26-7-9-27-24(16-26)20-48(37(27)51)31-11-13-34(49)47(3)38(31)52/h4-10,12,16-19,31,43H,11,13-15,20-21H2,1-3H3. The molecule has 5 aromatic rings.